The number of ketones is 1. The van der Waals surface area contributed by atoms with Gasteiger partial charge < -0.3 is 5.11 Å². The summed E-state index contributed by atoms with van der Waals surface area (Å²) in [6.45, 7) is 4.28. The normalized spacial score (nSPS) is 48.2. The zero-order valence-corrected chi connectivity index (χ0v) is 11.5. The number of allylic oxidation sites excluding steroid dienone is 1. The van der Waals surface area contributed by atoms with Gasteiger partial charge in [-0.2, -0.15) is 0 Å². The highest BCUT2D eigenvalue weighted by Crippen LogP contribution is 2.57. The summed E-state index contributed by atoms with van der Waals surface area (Å²) >= 11 is 0. The highest BCUT2D eigenvalue weighted by molar-refractivity contribution is 5.95. The number of aliphatic hydroxyl groups excluding tert-OH is 1. The fourth-order valence-electron chi connectivity index (χ4n) is 4.80. The third-order valence-electron chi connectivity index (χ3n) is 6.02. The first kappa shape index (κ1) is 12.4. The minimum atomic E-state index is -0.228. The molecule has 3 rings (SSSR count). The van der Waals surface area contributed by atoms with Gasteiger partial charge in [-0.3, -0.25) is 4.79 Å². The van der Waals surface area contributed by atoms with Crippen molar-refractivity contribution in [3.05, 3.63) is 11.6 Å². The van der Waals surface area contributed by atoms with Crippen LogP contribution in [-0.4, -0.2) is 17.0 Å². The van der Waals surface area contributed by atoms with Crippen LogP contribution in [0.5, 0.6) is 0 Å². The van der Waals surface area contributed by atoms with Crippen molar-refractivity contribution in [3.63, 3.8) is 0 Å². The summed E-state index contributed by atoms with van der Waals surface area (Å²) in [4.78, 5) is 12.0. The van der Waals surface area contributed by atoms with Crippen LogP contribution in [-0.2, 0) is 4.79 Å². The molecule has 2 fully saturated rings. The third kappa shape index (κ3) is 1.69. The van der Waals surface area contributed by atoms with Gasteiger partial charge in [0.2, 0.25) is 0 Å². The molecule has 3 aliphatic rings. The van der Waals surface area contributed by atoms with E-state index in [2.05, 4.69) is 13.0 Å². The Morgan fingerprint density at radius 2 is 2.17 bits per heavy atom. The molecule has 18 heavy (non-hydrogen) atoms. The molecule has 0 aromatic rings. The average Bonchev–Trinajstić information content (AvgIpc) is 2.33. The van der Waals surface area contributed by atoms with Gasteiger partial charge in [0.1, 0.15) is 0 Å². The first-order chi connectivity index (χ1) is 8.52. The molecule has 0 aromatic carbocycles. The van der Waals surface area contributed by atoms with Crippen molar-refractivity contribution in [1.29, 1.82) is 0 Å². The summed E-state index contributed by atoms with van der Waals surface area (Å²) < 4.78 is 0. The predicted molar refractivity (Wildman–Crippen MR) is 71.0 cm³/mol. The van der Waals surface area contributed by atoms with Gasteiger partial charge in [0.05, 0.1) is 6.10 Å². The van der Waals surface area contributed by atoms with Gasteiger partial charge in [0.25, 0.3) is 0 Å². The van der Waals surface area contributed by atoms with Crippen molar-refractivity contribution in [2.24, 2.45) is 23.2 Å². The second-order valence-corrected chi connectivity index (χ2v) is 6.91. The number of rotatable bonds is 0. The van der Waals surface area contributed by atoms with Crippen LogP contribution in [0.3, 0.4) is 0 Å². The fraction of sp³-hybridized carbons (Fsp3) is 0.812. The van der Waals surface area contributed by atoms with Gasteiger partial charge in [0, 0.05) is 12.3 Å². The largest absolute Gasteiger partial charge is 0.392 e. The number of Topliss-reactive ketones (excluding diaryl/α,β-unsaturated/α-hetero) is 1. The fourth-order valence-corrected chi connectivity index (χ4v) is 4.80. The zero-order chi connectivity index (χ0) is 12.9. The van der Waals surface area contributed by atoms with Gasteiger partial charge in [0.15, 0.2) is 5.78 Å². The maximum atomic E-state index is 12.0. The molecule has 0 unspecified atom stereocenters. The van der Waals surface area contributed by atoms with Crippen LogP contribution in [0.25, 0.3) is 0 Å². The molecule has 0 bridgehead atoms. The minimum absolute atomic E-state index is 0.224. The van der Waals surface area contributed by atoms with Crippen LogP contribution < -0.4 is 0 Å². The Labute approximate surface area is 109 Å². The maximum absolute atomic E-state index is 12.0. The smallest absolute Gasteiger partial charge is 0.158 e. The van der Waals surface area contributed by atoms with E-state index < -0.39 is 0 Å². The Bertz CT molecular complexity index is 398. The highest BCUT2D eigenvalue weighted by Gasteiger charge is 2.53. The Morgan fingerprint density at radius 3 is 2.94 bits per heavy atom. The molecule has 5 atom stereocenters. The lowest BCUT2D eigenvalue weighted by molar-refractivity contribution is -0.128. The van der Waals surface area contributed by atoms with Crippen molar-refractivity contribution in [2.75, 3.05) is 0 Å². The highest BCUT2D eigenvalue weighted by atomic mass is 16.3. The summed E-state index contributed by atoms with van der Waals surface area (Å²) in [7, 11) is 0. The summed E-state index contributed by atoms with van der Waals surface area (Å²) in [6.07, 6.45) is 8.52. The molecular weight excluding hydrogens is 224 g/mol. The van der Waals surface area contributed by atoms with Gasteiger partial charge >= 0.3 is 0 Å². The van der Waals surface area contributed by atoms with E-state index in [0.29, 0.717) is 24.0 Å². The van der Waals surface area contributed by atoms with Gasteiger partial charge in [-0.1, -0.05) is 25.8 Å². The molecule has 0 spiro atoms. The van der Waals surface area contributed by atoms with E-state index in [1.807, 2.05) is 6.92 Å². The molecule has 0 amide bonds. The lowest BCUT2D eigenvalue weighted by Gasteiger charge is -2.56. The van der Waals surface area contributed by atoms with Gasteiger partial charge in [-0.25, -0.2) is 0 Å². The van der Waals surface area contributed by atoms with E-state index >= 15 is 0 Å². The van der Waals surface area contributed by atoms with Crippen LogP contribution in [0.15, 0.2) is 11.6 Å². The van der Waals surface area contributed by atoms with Gasteiger partial charge in [-0.15, -0.1) is 0 Å². The molecule has 2 saturated carbocycles. The van der Waals surface area contributed by atoms with E-state index in [9.17, 15) is 9.90 Å². The SMILES string of the molecule is CC1=C[C@@H]2[C@H](O)C[C@H]3CCCC[C@]3(C)[C@@H]2CC1=O. The molecule has 3 aliphatic carbocycles. The molecule has 2 heteroatoms. The van der Waals surface area contributed by atoms with Crippen molar-refractivity contribution < 1.29 is 9.90 Å². The van der Waals surface area contributed by atoms with E-state index in [1.54, 1.807) is 0 Å². The monoisotopic (exact) mass is 248 g/mol. The molecular formula is C16H24O2. The Hall–Kier alpha value is -0.630. The second-order valence-electron chi connectivity index (χ2n) is 6.91. The topological polar surface area (TPSA) is 37.3 Å². The number of aliphatic hydroxyl groups is 1. The van der Waals surface area contributed by atoms with Crippen LogP contribution in [0.4, 0.5) is 0 Å². The summed E-state index contributed by atoms with van der Waals surface area (Å²) in [5, 5.41) is 10.4. The van der Waals surface area contributed by atoms with Crippen LogP contribution >= 0.6 is 0 Å². The first-order valence-electron chi connectivity index (χ1n) is 7.42. The molecule has 0 radical (unpaired) electrons. The Morgan fingerprint density at radius 1 is 1.39 bits per heavy atom. The average molecular weight is 248 g/mol. The number of fused-ring (bicyclic) bond motifs is 3. The Kier molecular flexibility index (Phi) is 2.89. The van der Waals surface area contributed by atoms with Crippen molar-refractivity contribution in [2.45, 2.75) is 58.5 Å². The van der Waals surface area contributed by atoms with E-state index in [-0.39, 0.29) is 17.4 Å². The van der Waals surface area contributed by atoms with Crippen LogP contribution in [0.1, 0.15) is 52.4 Å². The minimum Gasteiger partial charge on any atom is -0.392 e. The lowest BCUT2D eigenvalue weighted by Crippen LogP contribution is -2.52. The molecule has 0 saturated heterocycles. The molecule has 1 N–H and O–H groups in total. The predicted octanol–water partition coefficient (Wildman–Crippen LogP) is 3.10. The molecule has 100 valence electrons. The molecule has 0 aromatic heterocycles. The third-order valence-corrected chi connectivity index (χ3v) is 6.02. The second kappa shape index (κ2) is 4.19. The van der Waals surface area contributed by atoms with Crippen molar-refractivity contribution in [1.82, 2.24) is 0 Å². The molecule has 2 nitrogen and oxygen atoms in total. The zero-order valence-electron chi connectivity index (χ0n) is 11.5. The van der Waals surface area contributed by atoms with Crippen molar-refractivity contribution >= 4 is 5.78 Å². The van der Waals surface area contributed by atoms with E-state index in [1.165, 1.54) is 25.7 Å². The standard InChI is InChI=1S/C16H24O2/c1-10-7-12-13(9-14(10)17)16(2)6-4-3-5-11(16)8-15(12)18/h7,11-13,15,18H,3-6,8-9H2,1-2H3/t11-,12+,13-,15-,16+/m1/s1. The lowest BCUT2D eigenvalue weighted by atomic mass is 9.49. The number of hydrogen-bond donors (Lipinski definition) is 1. The molecule has 0 heterocycles. The van der Waals surface area contributed by atoms with Crippen LogP contribution in [0, 0.1) is 23.2 Å². The van der Waals surface area contributed by atoms with E-state index in [4.69, 9.17) is 0 Å². The first-order valence-corrected chi connectivity index (χ1v) is 7.42. The molecule has 0 aliphatic heterocycles. The number of carbonyl (C=O) groups is 1. The Balaban J connectivity index is 1.98. The summed E-state index contributed by atoms with van der Waals surface area (Å²) in [5.74, 6) is 1.53. The quantitative estimate of drug-likeness (QED) is 0.715. The van der Waals surface area contributed by atoms with E-state index in [0.717, 1.165) is 12.0 Å². The van der Waals surface area contributed by atoms with Crippen molar-refractivity contribution in [3.8, 4) is 0 Å². The summed E-state index contributed by atoms with van der Waals surface area (Å²) in [6, 6.07) is 0. The maximum Gasteiger partial charge on any atom is 0.158 e. The van der Waals surface area contributed by atoms with Gasteiger partial charge in [-0.05, 0) is 49.0 Å². The summed E-state index contributed by atoms with van der Waals surface area (Å²) in [5.41, 5.74) is 1.16. The number of carbonyl (C=O) groups excluding carboxylic acids is 1. The van der Waals surface area contributed by atoms with Crippen LogP contribution in [0.2, 0.25) is 0 Å². The number of hydrogen-bond acceptors (Lipinski definition) is 2.